The number of hydrogen-bond acceptors (Lipinski definition) is 3. The van der Waals surface area contributed by atoms with Crippen molar-refractivity contribution in [3.63, 3.8) is 0 Å². The SMILES string of the molecule is ClC=CCOc1ccc(CNC2CC2)nc1. The Morgan fingerprint density at radius 2 is 2.38 bits per heavy atom. The summed E-state index contributed by atoms with van der Waals surface area (Å²) in [4.78, 5) is 4.31. The lowest BCUT2D eigenvalue weighted by Gasteiger charge is -2.05. The first-order valence-electron chi connectivity index (χ1n) is 5.45. The third-order valence-corrected chi connectivity index (χ3v) is 2.56. The summed E-state index contributed by atoms with van der Waals surface area (Å²) < 4.78 is 5.39. The molecule has 1 N–H and O–H groups in total. The Morgan fingerprint density at radius 1 is 1.50 bits per heavy atom. The van der Waals surface area contributed by atoms with Crippen LogP contribution in [0.4, 0.5) is 0 Å². The van der Waals surface area contributed by atoms with Gasteiger partial charge in [-0.3, -0.25) is 4.98 Å². The second-order valence-electron chi connectivity index (χ2n) is 3.81. The van der Waals surface area contributed by atoms with Gasteiger partial charge < -0.3 is 10.1 Å². The summed E-state index contributed by atoms with van der Waals surface area (Å²) in [5.41, 5.74) is 2.49. The van der Waals surface area contributed by atoms with Gasteiger partial charge in [0, 0.05) is 18.1 Å². The van der Waals surface area contributed by atoms with Gasteiger partial charge >= 0.3 is 0 Å². The van der Waals surface area contributed by atoms with Crippen LogP contribution in [0.25, 0.3) is 0 Å². The van der Waals surface area contributed by atoms with E-state index in [1.165, 1.54) is 18.4 Å². The maximum absolute atomic E-state index is 5.39. The molecule has 1 aliphatic rings. The highest BCUT2D eigenvalue weighted by molar-refractivity contribution is 6.25. The summed E-state index contributed by atoms with van der Waals surface area (Å²) >= 11 is 5.39. The fourth-order valence-corrected chi connectivity index (χ4v) is 1.39. The van der Waals surface area contributed by atoms with Crippen LogP contribution in [0.3, 0.4) is 0 Å². The van der Waals surface area contributed by atoms with Crippen molar-refractivity contribution in [2.24, 2.45) is 0 Å². The Hall–Kier alpha value is -1.06. The molecule has 1 heterocycles. The van der Waals surface area contributed by atoms with E-state index >= 15 is 0 Å². The van der Waals surface area contributed by atoms with E-state index in [0.29, 0.717) is 12.6 Å². The monoisotopic (exact) mass is 238 g/mol. The van der Waals surface area contributed by atoms with Gasteiger partial charge in [-0.15, -0.1) is 0 Å². The Labute approximate surface area is 100 Å². The van der Waals surface area contributed by atoms with E-state index in [2.05, 4.69) is 10.3 Å². The molecule has 1 aromatic heterocycles. The molecule has 86 valence electrons. The molecule has 4 heteroatoms. The number of aromatic nitrogens is 1. The summed E-state index contributed by atoms with van der Waals surface area (Å²) in [5.74, 6) is 0.768. The molecule has 1 fully saturated rings. The van der Waals surface area contributed by atoms with Gasteiger partial charge in [0.2, 0.25) is 0 Å². The molecular weight excluding hydrogens is 224 g/mol. The first-order chi connectivity index (χ1) is 7.88. The molecule has 16 heavy (non-hydrogen) atoms. The second kappa shape index (κ2) is 5.87. The molecule has 1 aromatic rings. The topological polar surface area (TPSA) is 34.1 Å². The second-order valence-corrected chi connectivity index (χ2v) is 4.07. The molecule has 0 spiro atoms. The summed E-state index contributed by atoms with van der Waals surface area (Å²) in [6, 6.07) is 4.63. The van der Waals surface area contributed by atoms with Crippen molar-refractivity contribution in [2.45, 2.75) is 25.4 Å². The lowest BCUT2D eigenvalue weighted by Crippen LogP contribution is -2.16. The smallest absolute Gasteiger partial charge is 0.138 e. The number of halogens is 1. The fraction of sp³-hybridized carbons (Fsp3) is 0.417. The largest absolute Gasteiger partial charge is 0.488 e. The minimum Gasteiger partial charge on any atom is -0.488 e. The van der Waals surface area contributed by atoms with E-state index in [-0.39, 0.29) is 0 Å². The zero-order valence-electron chi connectivity index (χ0n) is 9.03. The van der Waals surface area contributed by atoms with Crippen molar-refractivity contribution in [2.75, 3.05) is 6.61 Å². The summed E-state index contributed by atoms with van der Waals surface area (Å²) in [6.07, 6.45) is 6.08. The van der Waals surface area contributed by atoms with Crippen molar-refractivity contribution >= 4 is 11.6 Å². The summed E-state index contributed by atoms with van der Waals surface area (Å²) in [6.45, 7) is 1.32. The van der Waals surface area contributed by atoms with Gasteiger partial charge in [-0.2, -0.15) is 0 Å². The van der Waals surface area contributed by atoms with Crippen LogP contribution < -0.4 is 10.1 Å². The first-order valence-corrected chi connectivity index (χ1v) is 5.88. The Bertz CT molecular complexity index is 347. The quantitative estimate of drug-likeness (QED) is 0.827. The van der Waals surface area contributed by atoms with Gasteiger partial charge in [-0.25, -0.2) is 0 Å². The summed E-state index contributed by atoms with van der Waals surface area (Å²) in [5, 5.41) is 3.41. The van der Waals surface area contributed by atoms with Gasteiger partial charge in [0.1, 0.15) is 12.4 Å². The maximum Gasteiger partial charge on any atom is 0.138 e. The molecule has 2 rings (SSSR count). The van der Waals surface area contributed by atoms with Crippen molar-refractivity contribution < 1.29 is 4.74 Å². The van der Waals surface area contributed by atoms with Gasteiger partial charge in [0.25, 0.3) is 0 Å². The van der Waals surface area contributed by atoms with Crippen LogP contribution in [0.5, 0.6) is 5.75 Å². The number of hydrogen-bond donors (Lipinski definition) is 1. The fourth-order valence-electron chi connectivity index (χ4n) is 1.32. The average Bonchev–Trinajstić information content (AvgIpc) is 3.12. The van der Waals surface area contributed by atoms with Crippen molar-refractivity contribution in [3.05, 3.63) is 35.6 Å². The van der Waals surface area contributed by atoms with E-state index in [1.54, 1.807) is 12.3 Å². The van der Waals surface area contributed by atoms with Crippen LogP contribution in [0.2, 0.25) is 0 Å². The van der Waals surface area contributed by atoms with Crippen molar-refractivity contribution in [1.82, 2.24) is 10.3 Å². The van der Waals surface area contributed by atoms with Gasteiger partial charge in [-0.05, 0) is 31.1 Å². The van der Waals surface area contributed by atoms with Crippen LogP contribution in [-0.2, 0) is 6.54 Å². The predicted octanol–water partition coefficient (Wildman–Crippen LogP) is 2.46. The van der Waals surface area contributed by atoms with Crippen molar-refractivity contribution in [1.29, 1.82) is 0 Å². The minimum atomic E-state index is 0.477. The van der Waals surface area contributed by atoms with Crippen molar-refractivity contribution in [3.8, 4) is 5.75 Å². The molecule has 0 atom stereocenters. The van der Waals surface area contributed by atoms with E-state index in [9.17, 15) is 0 Å². The number of pyridine rings is 1. The Balaban J connectivity index is 1.78. The molecule has 0 radical (unpaired) electrons. The van der Waals surface area contributed by atoms with E-state index in [1.807, 2.05) is 12.1 Å². The van der Waals surface area contributed by atoms with Crippen LogP contribution >= 0.6 is 11.6 Å². The molecule has 3 nitrogen and oxygen atoms in total. The zero-order chi connectivity index (χ0) is 11.2. The standard InChI is InChI=1S/C12H15ClN2O/c13-6-1-7-16-12-5-4-11(15-9-12)8-14-10-2-3-10/h1,4-6,9-10,14H,2-3,7-8H2. The third kappa shape index (κ3) is 3.83. The molecule has 0 bridgehead atoms. The molecular formula is C12H15ClN2O. The van der Waals surface area contributed by atoms with Crippen LogP contribution in [0, 0.1) is 0 Å². The predicted molar refractivity (Wildman–Crippen MR) is 64.6 cm³/mol. The number of rotatable bonds is 6. The maximum atomic E-state index is 5.39. The molecule has 1 aliphatic carbocycles. The zero-order valence-corrected chi connectivity index (χ0v) is 9.78. The van der Waals surface area contributed by atoms with Crippen LogP contribution in [-0.4, -0.2) is 17.6 Å². The molecule has 0 aromatic carbocycles. The minimum absolute atomic E-state index is 0.477. The Morgan fingerprint density at radius 3 is 3.00 bits per heavy atom. The lowest BCUT2D eigenvalue weighted by atomic mass is 10.3. The highest BCUT2D eigenvalue weighted by Crippen LogP contribution is 2.19. The first kappa shape index (κ1) is 11.4. The summed E-state index contributed by atoms with van der Waals surface area (Å²) in [7, 11) is 0. The molecule has 0 aliphatic heterocycles. The lowest BCUT2D eigenvalue weighted by molar-refractivity contribution is 0.361. The number of nitrogens with zero attached hydrogens (tertiary/aromatic N) is 1. The Kier molecular flexibility index (Phi) is 4.19. The highest BCUT2D eigenvalue weighted by Gasteiger charge is 2.19. The molecule has 0 unspecified atom stereocenters. The molecule has 0 amide bonds. The normalized spacial score (nSPS) is 15.6. The van der Waals surface area contributed by atoms with Crippen LogP contribution in [0.15, 0.2) is 29.9 Å². The average molecular weight is 239 g/mol. The number of ether oxygens (including phenoxy) is 1. The molecule has 0 saturated heterocycles. The van der Waals surface area contributed by atoms with E-state index in [4.69, 9.17) is 16.3 Å². The van der Waals surface area contributed by atoms with E-state index < -0.39 is 0 Å². The number of nitrogens with one attached hydrogen (secondary N) is 1. The van der Waals surface area contributed by atoms with Crippen LogP contribution in [0.1, 0.15) is 18.5 Å². The van der Waals surface area contributed by atoms with Gasteiger partial charge in [-0.1, -0.05) is 11.6 Å². The highest BCUT2D eigenvalue weighted by atomic mass is 35.5. The molecule has 1 saturated carbocycles. The van der Waals surface area contributed by atoms with Gasteiger partial charge in [0.05, 0.1) is 11.9 Å². The third-order valence-electron chi connectivity index (χ3n) is 2.38. The van der Waals surface area contributed by atoms with E-state index in [0.717, 1.165) is 18.0 Å². The van der Waals surface area contributed by atoms with Gasteiger partial charge in [0.15, 0.2) is 0 Å².